The van der Waals surface area contributed by atoms with Gasteiger partial charge in [0.05, 0.1) is 18.5 Å². The number of pyridine rings is 1. The molecule has 3 aromatic rings. The van der Waals surface area contributed by atoms with E-state index in [0.717, 1.165) is 28.7 Å². The number of rotatable bonds is 7. The van der Waals surface area contributed by atoms with E-state index in [9.17, 15) is 14.4 Å². The molecule has 26 heavy (non-hydrogen) atoms. The Balaban J connectivity index is 1.96. The predicted octanol–water partition coefficient (Wildman–Crippen LogP) is 2.23. The Morgan fingerprint density at radius 2 is 1.96 bits per heavy atom. The first-order valence-electron chi connectivity index (χ1n) is 8.63. The van der Waals surface area contributed by atoms with Gasteiger partial charge in [0, 0.05) is 22.8 Å². The summed E-state index contributed by atoms with van der Waals surface area (Å²) < 4.78 is 6.44. The first-order valence-corrected chi connectivity index (χ1v) is 9.45. The lowest BCUT2D eigenvalue weighted by Crippen LogP contribution is -2.35. The zero-order valence-electron chi connectivity index (χ0n) is 14.8. The van der Waals surface area contributed by atoms with Crippen molar-refractivity contribution >= 4 is 21.6 Å². The summed E-state index contributed by atoms with van der Waals surface area (Å²) >= 11 is 1.43. The van der Waals surface area contributed by atoms with Gasteiger partial charge in [-0.2, -0.15) is 0 Å². The van der Waals surface area contributed by atoms with Crippen LogP contribution >= 0.6 is 11.3 Å². The molecule has 0 unspecified atom stereocenters. The monoisotopic (exact) mass is 375 g/mol. The van der Waals surface area contributed by atoms with Gasteiger partial charge in [-0.15, -0.1) is 11.3 Å². The van der Waals surface area contributed by atoms with E-state index in [-0.39, 0.29) is 23.3 Å². The normalized spacial score (nSPS) is 11.2. The number of aromatic amines is 2. The van der Waals surface area contributed by atoms with Gasteiger partial charge in [0.25, 0.3) is 5.56 Å². The van der Waals surface area contributed by atoms with Crippen molar-refractivity contribution in [3.05, 3.63) is 60.0 Å². The van der Waals surface area contributed by atoms with E-state index in [1.807, 2.05) is 13.0 Å². The van der Waals surface area contributed by atoms with Crippen molar-refractivity contribution in [1.29, 1.82) is 0 Å². The molecule has 0 aromatic carbocycles. The lowest BCUT2D eigenvalue weighted by atomic mass is 10.2. The molecule has 0 fully saturated rings. The number of hydrogen-bond acceptors (Lipinski definition) is 5. The highest BCUT2D eigenvalue weighted by atomic mass is 32.1. The Kier molecular flexibility index (Phi) is 5.41. The highest BCUT2D eigenvalue weighted by Crippen LogP contribution is 2.21. The molecule has 0 atom stereocenters. The maximum absolute atomic E-state index is 12.7. The van der Waals surface area contributed by atoms with Gasteiger partial charge in [0.15, 0.2) is 5.75 Å². The number of ether oxygens (including phenoxy) is 1. The Morgan fingerprint density at radius 3 is 2.65 bits per heavy atom. The summed E-state index contributed by atoms with van der Waals surface area (Å²) in [5, 5.41) is 0.503. The molecule has 0 spiro atoms. The SMILES string of the molecule is CCCOc1c[nH]c(Cn2c(=O)[nH]c3sc(CCC)cc3c2=O)cc1=O. The Morgan fingerprint density at radius 1 is 1.15 bits per heavy atom. The van der Waals surface area contributed by atoms with Crippen LogP contribution in [0.4, 0.5) is 0 Å². The molecule has 0 aliphatic rings. The summed E-state index contributed by atoms with van der Waals surface area (Å²) in [6.45, 7) is 4.46. The van der Waals surface area contributed by atoms with Gasteiger partial charge in [-0.25, -0.2) is 4.79 Å². The average Bonchev–Trinajstić information content (AvgIpc) is 3.01. The number of hydrogen-bond donors (Lipinski definition) is 2. The molecule has 0 saturated carbocycles. The van der Waals surface area contributed by atoms with E-state index in [1.54, 1.807) is 0 Å². The minimum absolute atomic E-state index is 0.00758. The minimum atomic E-state index is -0.487. The summed E-state index contributed by atoms with van der Waals surface area (Å²) in [5.41, 5.74) is -0.651. The van der Waals surface area contributed by atoms with E-state index in [2.05, 4.69) is 16.9 Å². The first-order chi connectivity index (χ1) is 12.5. The van der Waals surface area contributed by atoms with Crippen molar-refractivity contribution < 1.29 is 4.74 Å². The topological polar surface area (TPSA) is 96.9 Å². The lowest BCUT2D eigenvalue weighted by Gasteiger charge is -2.07. The standard InChI is InChI=1S/C18H21N3O4S/c1-3-5-12-8-13-16(26-12)20-18(24)21(17(13)23)10-11-7-14(22)15(9-19-11)25-6-4-2/h7-9H,3-6,10H2,1-2H3,(H,19,22)(H,20,24). The summed E-state index contributed by atoms with van der Waals surface area (Å²) in [6.07, 6.45) is 4.11. The minimum Gasteiger partial charge on any atom is -0.488 e. The van der Waals surface area contributed by atoms with E-state index < -0.39 is 5.69 Å². The van der Waals surface area contributed by atoms with Crippen LogP contribution in [0.5, 0.6) is 5.75 Å². The van der Waals surface area contributed by atoms with E-state index >= 15 is 0 Å². The fourth-order valence-corrected chi connectivity index (χ4v) is 3.84. The average molecular weight is 375 g/mol. The van der Waals surface area contributed by atoms with Gasteiger partial charge in [0.2, 0.25) is 5.43 Å². The number of nitrogens with one attached hydrogen (secondary N) is 2. The third-order valence-electron chi connectivity index (χ3n) is 3.95. The van der Waals surface area contributed by atoms with Crippen LogP contribution in [0.15, 0.2) is 32.7 Å². The summed E-state index contributed by atoms with van der Waals surface area (Å²) in [7, 11) is 0. The maximum atomic E-state index is 12.7. The summed E-state index contributed by atoms with van der Waals surface area (Å²) in [4.78, 5) is 44.4. The first kappa shape index (κ1) is 18.2. The smallest absolute Gasteiger partial charge is 0.329 e. The van der Waals surface area contributed by atoms with Crippen LogP contribution in [-0.4, -0.2) is 21.1 Å². The van der Waals surface area contributed by atoms with Crippen molar-refractivity contribution in [3.8, 4) is 5.75 Å². The molecular weight excluding hydrogens is 354 g/mol. The molecule has 0 radical (unpaired) electrons. The largest absolute Gasteiger partial charge is 0.488 e. The van der Waals surface area contributed by atoms with Gasteiger partial charge in [-0.05, 0) is 18.9 Å². The summed E-state index contributed by atoms with van der Waals surface area (Å²) in [5.74, 6) is 0.231. The predicted molar refractivity (Wildman–Crippen MR) is 103 cm³/mol. The van der Waals surface area contributed by atoms with Crippen molar-refractivity contribution in [3.63, 3.8) is 0 Å². The zero-order chi connectivity index (χ0) is 18.7. The van der Waals surface area contributed by atoms with Crippen LogP contribution < -0.4 is 21.4 Å². The number of H-pyrrole nitrogens is 2. The molecule has 138 valence electrons. The number of nitrogens with zero attached hydrogens (tertiary/aromatic N) is 1. The number of aromatic nitrogens is 3. The molecule has 0 aliphatic carbocycles. The van der Waals surface area contributed by atoms with Crippen LogP contribution in [0.25, 0.3) is 10.2 Å². The molecule has 0 amide bonds. The number of fused-ring (bicyclic) bond motifs is 1. The quantitative estimate of drug-likeness (QED) is 0.662. The van der Waals surface area contributed by atoms with Gasteiger partial charge >= 0.3 is 5.69 Å². The highest BCUT2D eigenvalue weighted by Gasteiger charge is 2.12. The molecule has 0 aliphatic heterocycles. The summed E-state index contributed by atoms with van der Waals surface area (Å²) in [6, 6.07) is 3.19. The third-order valence-corrected chi connectivity index (χ3v) is 5.06. The molecule has 3 rings (SSSR count). The maximum Gasteiger partial charge on any atom is 0.329 e. The Labute approximate surface area is 153 Å². The number of thiophene rings is 1. The second kappa shape index (κ2) is 7.74. The molecule has 2 N–H and O–H groups in total. The van der Waals surface area contributed by atoms with Crippen LogP contribution in [0.2, 0.25) is 0 Å². The Bertz CT molecular complexity index is 1090. The van der Waals surface area contributed by atoms with Crippen LogP contribution in [-0.2, 0) is 13.0 Å². The second-order valence-electron chi connectivity index (χ2n) is 6.06. The van der Waals surface area contributed by atoms with Gasteiger partial charge < -0.3 is 9.72 Å². The Hall–Kier alpha value is -2.61. The molecule has 3 heterocycles. The van der Waals surface area contributed by atoms with Crippen LogP contribution in [0.3, 0.4) is 0 Å². The molecular formula is C18H21N3O4S. The van der Waals surface area contributed by atoms with Crippen LogP contribution in [0.1, 0.15) is 37.3 Å². The second-order valence-corrected chi connectivity index (χ2v) is 7.20. The van der Waals surface area contributed by atoms with Crippen molar-refractivity contribution in [2.75, 3.05) is 6.61 Å². The fraction of sp³-hybridized carbons (Fsp3) is 0.389. The molecule has 0 bridgehead atoms. The molecule has 7 nitrogen and oxygen atoms in total. The zero-order valence-corrected chi connectivity index (χ0v) is 15.6. The molecule has 8 heteroatoms. The van der Waals surface area contributed by atoms with Crippen LogP contribution in [0, 0.1) is 0 Å². The number of aryl methyl sites for hydroxylation is 1. The molecule has 0 saturated heterocycles. The molecule has 3 aromatic heterocycles. The van der Waals surface area contributed by atoms with Crippen molar-refractivity contribution in [2.24, 2.45) is 0 Å². The fourth-order valence-electron chi connectivity index (χ4n) is 2.70. The van der Waals surface area contributed by atoms with E-state index in [0.29, 0.717) is 22.5 Å². The lowest BCUT2D eigenvalue weighted by molar-refractivity contribution is 0.313. The van der Waals surface area contributed by atoms with Crippen molar-refractivity contribution in [1.82, 2.24) is 14.5 Å². The van der Waals surface area contributed by atoms with E-state index in [4.69, 9.17) is 4.74 Å². The van der Waals surface area contributed by atoms with Gasteiger partial charge in [-0.1, -0.05) is 20.3 Å². The van der Waals surface area contributed by atoms with Gasteiger partial charge in [-0.3, -0.25) is 19.1 Å². The van der Waals surface area contributed by atoms with E-state index in [1.165, 1.54) is 23.6 Å². The highest BCUT2D eigenvalue weighted by molar-refractivity contribution is 7.18. The third kappa shape index (κ3) is 3.65. The van der Waals surface area contributed by atoms with Crippen molar-refractivity contribution in [2.45, 2.75) is 39.7 Å². The van der Waals surface area contributed by atoms with Gasteiger partial charge in [0.1, 0.15) is 4.83 Å².